The van der Waals surface area contributed by atoms with Crippen molar-refractivity contribution in [2.75, 3.05) is 20.1 Å². The van der Waals surface area contributed by atoms with Crippen LogP contribution in [0.5, 0.6) is 0 Å². The molecule has 1 nitrogen and oxygen atoms in total. The van der Waals surface area contributed by atoms with Gasteiger partial charge < -0.3 is 4.90 Å². The number of rotatable bonds is 0. The van der Waals surface area contributed by atoms with E-state index in [1.807, 2.05) is 11.9 Å². The van der Waals surface area contributed by atoms with Crippen LogP contribution < -0.4 is 0 Å². The van der Waals surface area contributed by atoms with Gasteiger partial charge in [0.2, 0.25) is 0 Å². The maximum atomic E-state index is 7.42. The van der Waals surface area contributed by atoms with Crippen LogP contribution in [0, 0.1) is 0 Å². The summed E-state index contributed by atoms with van der Waals surface area (Å²) in [5.41, 5.74) is 0. The van der Waals surface area contributed by atoms with Gasteiger partial charge in [0.05, 0.1) is 0 Å². The van der Waals surface area contributed by atoms with Crippen molar-refractivity contribution in [3.63, 3.8) is 0 Å². The van der Waals surface area contributed by atoms with E-state index in [1.165, 1.54) is 0 Å². The summed E-state index contributed by atoms with van der Waals surface area (Å²) >= 11 is 0. The third kappa shape index (κ3) is 1.48. The molecule has 0 aliphatic carbocycles. The average Bonchev–Trinajstić information content (AvgIpc) is 1.83. The molecule has 2 unspecified atom stereocenters. The minimum Gasteiger partial charge on any atom is -0.306 e. The zero-order chi connectivity index (χ0) is 6.85. The number of hydrogen-bond acceptors (Lipinski definition) is 1. The quantitative estimate of drug-likeness (QED) is 0.441. The van der Waals surface area contributed by atoms with Crippen molar-refractivity contribution in [1.29, 1.82) is 0 Å². The topological polar surface area (TPSA) is 3.24 Å². The first-order valence-electron chi connectivity index (χ1n) is 3.92. The van der Waals surface area contributed by atoms with Gasteiger partial charge in [-0.3, -0.25) is 0 Å². The van der Waals surface area contributed by atoms with Crippen molar-refractivity contribution in [3.05, 3.63) is 0 Å². The number of piperidine rings is 1. The van der Waals surface area contributed by atoms with Gasteiger partial charge in [0.15, 0.2) is 0 Å². The van der Waals surface area contributed by atoms with Crippen LogP contribution in [0.1, 0.15) is 22.0 Å². The lowest BCUT2D eigenvalue weighted by Gasteiger charge is -2.20. The lowest BCUT2D eigenvalue weighted by molar-refractivity contribution is 0.277. The largest absolute Gasteiger partial charge is 0.306 e. The maximum absolute atomic E-state index is 7.42. The molecule has 2 atom stereocenters. The Labute approximate surface area is 48.1 Å². The van der Waals surface area contributed by atoms with E-state index in [4.69, 9.17) is 2.74 Å². The summed E-state index contributed by atoms with van der Waals surface area (Å²) < 4.78 is 14.8. The minimum absolute atomic E-state index is 0.177. The van der Waals surface area contributed by atoms with Crippen LogP contribution in [-0.2, 0) is 0 Å². The lowest BCUT2D eigenvalue weighted by atomic mass is 10.1. The van der Waals surface area contributed by atoms with Gasteiger partial charge in [-0.1, -0.05) is 6.42 Å². The molecule has 1 rings (SSSR count). The molecule has 0 spiro atoms. The zero-order valence-electron chi connectivity index (χ0n) is 6.72. The highest BCUT2D eigenvalue weighted by molar-refractivity contribution is 4.58. The van der Waals surface area contributed by atoms with Crippen molar-refractivity contribution >= 4 is 0 Å². The lowest BCUT2D eigenvalue weighted by Crippen LogP contribution is -2.24. The third-order valence-corrected chi connectivity index (χ3v) is 1.24. The van der Waals surface area contributed by atoms with Crippen molar-refractivity contribution < 1.29 is 2.74 Å². The summed E-state index contributed by atoms with van der Waals surface area (Å²) in [5, 5.41) is 0. The van der Waals surface area contributed by atoms with Crippen LogP contribution in [0.2, 0.25) is 0 Å². The molecule has 0 N–H and O–H groups in total. The Kier molecular flexibility index (Phi) is 1.02. The standard InChI is InChI=1S/C6H13N/c1-7-5-3-2-4-6-7/h2-6H2,1H3/i3D,5D. The summed E-state index contributed by atoms with van der Waals surface area (Å²) in [6.07, 6.45) is 1.81. The fourth-order valence-electron chi connectivity index (χ4n) is 0.788. The molecule has 1 fully saturated rings. The normalized spacial score (nSPS) is 50.4. The molecule has 1 aliphatic heterocycles. The Bertz CT molecular complexity index is 87.1. The van der Waals surface area contributed by atoms with Crippen LogP contribution >= 0.6 is 0 Å². The highest BCUT2D eigenvalue weighted by atomic mass is 15.1. The number of likely N-dealkylation sites (tertiary alicyclic amines) is 1. The van der Waals surface area contributed by atoms with E-state index in [0.717, 1.165) is 19.4 Å². The first kappa shape index (κ1) is 3.08. The van der Waals surface area contributed by atoms with Gasteiger partial charge in [-0.05, 0) is 32.9 Å². The van der Waals surface area contributed by atoms with E-state index in [-0.39, 0.29) is 12.9 Å². The van der Waals surface area contributed by atoms with Crippen molar-refractivity contribution in [2.45, 2.75) is 19.2 Å². The van der Waals surface area contributed by atoms with Gasteiger partial charge in [-0.25, -0.2) is 0 Å². The molecule has 0 saturated carbocycles. The van der Waals surface area contributed by atoms with Crippen LogP contribution in [0.15, 0.2) is 0 Å². The van der Waals surface area contributed by atoms with E-state index in [2.05, 4.69) is 0 Å². The van der Waals surface area contributed by atoms with E-state index in [0.29, 0.717) is 0 Å². The minimum atomic E-state index is -0.279. The molecule has 1 aliphatic rings. The highest BCUT2D eigenvalue weighted by Gasteiger charge is 2.02. The highest BCUT2D eigenvalue weighted by Crippen LogP contribution is 2.04. The third-order valence-electron chi connectivity index (χ3n) is 1.24. The SMILES string of the molecule is [2H]C1CCCN(C)C1[2H]. The van der Waals surface area contributed by atoms with Gasteiger partial charge >= 0.3 is 0 Å². The van der Waals surface area contributed by atoms with E-state index in [9.17, 15) is 0 Å². The summed E-state index contributed by atoms with van der Waals surface area (Å²) in [4.78, 5) is 1.93. The number of hydrogen-bond donors (Lipinski definition) is 0. The smallest absolute Gasteiger partial charge is 0.0430 e. The molecule has 1 heteroatoms. The van der Waals surface area contributed by atoms with Crippen molar-refractivity contribution in [1.82, 2.24) is 4.90 Å². The Morgan fingerprint density at radius 3 is 3.00 bits per heavy atom. The molecule has 7 heavy (non-hydrogen) atoms. The molecule has 42 valence electrons. The molecule has 1 heterocycles. The predicted molar refractivity (Wildman–Crippen MR) is 31.3 cm³/mol. The monoisotopic (exact) mass is 101 g/mol. The Morgan fingerprint density at radius 2 is 2.43 bits per heavy atom. The summed E-state index contributed by atoms with van der Waals surface area (Å²) in [6, 6.07) is 0. The van der Waals surface area contributed by atoms with Gasteiger partial charge in [-0.2, -0.15) is 0 Å². The van der Waals surface area contributed by atoms with Crippen LogP contribution in [0.4, 0.5) is 0 Å². The molecule has 0 aromatic heterocycles. The molecule has 0 amide bonds. The fraction of sp³-hybridized carbons (Fsp3) is 1.00. The van der Waals surface area contributed by atoms with E-state index in [1.54, 1.807) is 0 Å². The van der Waals surface area contributed by atoms with Gasteiger partial charge in [0.25, 0.3) is 0 Å². The zero-order valence-corrected chi connectivity index (χ0v) is 4.72. The second-order valence-electron chi connectivity index (χ2n) is 2.01. The van der Waals surface area contributed by atoms with Crippen LogP contribution in [-0.4, -0.2) is 25.0 Å². The molecule has 0 radical (unpaired) electrons. The molecule has 0 aromatic carbocycles. The summed E-state index contributed by atoms with van der Waals surface area (Å²) in [6.45, 7) is 0.711. The average molecular weight is 101 g/mol. The van der Waals surface area contributed by atoms with Crippen LogP contribution in [0.25, 0.3) is 0 Å². The second-order valence-corrected chi connectivity index (χ2v) is 2.01. The van der Waals surface area contributed by atoms with Gasteiger partial charge in [0.1, 0.15) is 0 Å². The Balaban J connectivity index is 2.41. The van der Waals surface area contributed by atoms with Gasteiger partial charge in [0, 0.05) is 2.74 Å². The number of nitrogens with zero attached hydrogens (tertiary/aromatic N) is 1. The summed E-state index contributed by atoms with van der Waals surface area (Å²) in [5.74, 6) is 0. The van der Waals surface area contributed by atoms with Crippen molar-refractivity contribution in [3.8, 4) is 0 Å². The van der Waals surface area contributed by atoms with E-state index < -0.39 is 0 Å². The Hall–Kier alpha value is -0.0400. The van der Waals surface area contributed by atoms with Gasteiger partial charge in [-0.15, -0.1) is 0 Å². The molecule has 0 bridgehead atoms. The molecule has 1 saturated heterocycles. The fourth-order valence-corrected chi connectivity index (χ4v) is 0.788. The first-order chi connectivity index (χ1) is 4.22. The summed E-state index contributed by atoms with van der Waals surface area (Å²) in [7, 11) is 1.92. The first-order valence-corrected chi connectivity index (χ1v) is 2.76. The predicted octanol–water partition coefficient (Wildman–Crippen LogP) is 1.10. The van der Waals surface area contributed by atoms with E-state index >= 15 is 0 Å². The molecule has 0 aromatic rings. The maximum Gasteiger partial charge on any atom is 0.0430 e. The Morgan fingerprint density at radius 1 is 1.57 bits per heavy atom. The second kappa shape index (κ2) is 2.31. The van der Waals surface area contributed by atoms with Crippen molar-refractivity contribution in [2.24, 2.45) is 0 Å². The molecular formula is C6H13N. The molecular weight excluding hydrogens is 86.1 g/mol. The van der Waals surface area contributed by atoms with Crippen LogP contribution in [0.3, 0.4) is 0 Å².